The van der Waals surface area contributed by atoms with Crippen molar-refractivity contribution in [3.63, 3.8) is 0 Å². The van der Waals surface area contributed by atoms with Crippen LogP contribution in [0.1, 0.15) is 31.2 Å². The quantitative estimate of drug-likeness (QED) is 0.727. The Kier molecular flexibility index (Phi) is 3.36. The van der Waals surface area contributed by atoms with Crippen LogP contribution in [-0.4, -0.2) is 5.78 Å². The molecule has 0 unspecified atom stereocenters. The minimum atomic E-state index is 0.0619. The third-order valence-corrected chi connectivity index (χ3v) is 4.17. The number of halogens is 1. The predicted octanol–water partition coefficient (Wildman–Crippen LogP) is 4.56. The van der Waals surface area contributed by atoms with Crippen molar-refractivity contribution in [1.29, 1.82) is 0 Å². The van der Waals surface area contributed by atoms with E-state index < -0.39 is 0 Å². The van der Waals surface area contributed by atoms with Crippen molar-refractivity contribution < 1.29 is 4.79 Å². The van der Waals surface area contributed by atoms with Crippen LogP contribution in [0.15, 0.2) is 24.3 Å². The van der Waals surface area contributed by atoms with Crippen molar-refractivity contribution in [3.8, 4) is 0 Å². The van der Waals surface area contributed by atoms with Crippen molar-refractivity contribution in [2.75, 3.05) is 0 Å². The summed E-state index contributed by atoms with van der Waals surface area (Å²) in [7, 11) is 0. The highest BCUT2D eigenvalue weighted by atomic mass is 35.5. The maximum Gasteiger partial charge on any atom is 0.194 e. The lowest BCUT2D eigenvalue weighted by atomic mass is 9.99. The molecule has 0 fully saturated rings. The van der Waals surface area contributed by atoms with Crippen molar-refractivity contribution in [1.82, 2.24) is 0 Å². The van der Waals surface area contributed by atoms with Gasteiger partial charge in [-0.1, -0.05) is 23.7 Å². The van der Waals surface area contributed by atoms with E-state index in [-0.39, 0.29) is 5.78 Å². The second kappa shape index (κ2) is 4.63. The molecule has 1 aromatic heterocycles. The Labute approximate surface area is 110 Å². The smallest absolute Gasteiger partial charge is 0.194 e. The van der Waals surface area contributed by atoms with Gasteiger partial charge in [0.25, 0.3) is 0 Å². The van der Waals surface area contributed by atoms with E-state index in [4.69, 9.17) is 11.6 Å². The summed E-state index contributed by atoms with van der Waals surface area (Å²) in [6, 6.07) is 7.40. The zero-order valence-corrected chi connectivity index (χ0v) is 11.6. The van der Waals surface area contributed by atoms with Gasteiger partial charge in [-0.15, -0.1) is 11.3 Å². The number of rotatable bonds is 2. The Morgan fingerprint density at radius 1 is 1.18 bits per heavy atom. The summed E-state index contributed by atoms with van der Waals surface area (Å²) in [5.74, 6) is 0.0619. The van der Waals surface area contributed by atoms with Crippen molar-refractivity contribution in [2.24, 2.45) is 0 Å². The van der Waals surface area contributed by atoms with Crippen LogP contribution in [0.25, 0.3) is 0 Å². The zero-order valence-electron chi connectivity index (χ0n) is 10.0. The first kappa shape index (κ1) is 12.3. The number of ketones is 1. The molecule has 0 saturated carbocycles. The van der Waals surface area contributed by atoms with E-state index in [0.717, 1.165) is 20.9 Å². The molecule has 1 aromatic carbocycles. The Morgan fingerprint density at radius 3 is 2.47 bits per heavy atom. The first-order valence-electron chi connectivity index (χ1n) is 5.37. The lowest BCUT2D eigenvalue weighted by Gasteiger charge is -2.05. The third-order valence-electron chi connectivity index (χ3n) is 2.80. The Bertz CT molecular complexity index is 584. The molecular formula is C14H13ClOS. The van der Waals surface area contributed by atoms with E-state index in [1.807, 2.05) is 39.0 Å². The minimum absolute atomic E-state index is 0.0619. The summed E-state index contributed by atoms with van der Waals surface area (Å²) in [6.45, 7) is 5.87. The van der Waals surface area contributed by atoms with Gasteiger partial charge in [0, 0.05) is 25.9 Å². The van der Waals surface area contributed by atoms with Crippen LogP contribution in [0.3, 0.4) is 0 Å². The van der Waals surface area contributed by atoms with Crippen LogP contribution in [0.5, 0.6) is 0 Å². The highest BCUT2D eigenvalue weighted by Gasteiger charge is 2.16. The first-order chi connectivity index (χ1) is 8.00. The molecular weight excluding hydrogens is 252 g/mol. The molecule has 0 aliphatic rings. The molecule has 0 bridgehead atoms. The van der Waals surface area contributed by atoms with Gasteiger partial charge in [0.2, 0.25) is 0 Å². The standard InChI is InChI=1S/C14H13ClOS/c1-8-7-12(10(3)17-8)14(16)11-5-4-6-13(15)9(11)2/h4-7H,1-3H3. The number of thiophene rings is 1. The van der Waals surface area contributed by atoms with Gasteiger partial charge in [-0.05, 0) is 38.5 Å². The fraction of sp³-hybridized carbons (Fsp3) is 0.214. The molecule has 0 radical (unpaired) electrons. The Morgan fingerprint density at radius 2 is 1.88 bits per heavy atom. The summed E-state index contributed by atoms with van der Waals surface area (Å²) in [4.78, 5) is 14.6. The largest absolute Gasteiger partial charge is 0.289 e. The number of hydrogen-bond acceptors (Lipinski definition) is 2. The zero-order chi connectivity index (χ0) is 12.6. The molecule has 1 heterocycles. The number of benzene rings is 1. The summed E-state index contributed by atoms with van der Waals surface area (Å²) in [6.07, 6.45) is 0. The second-order valence-corrected chi connectivity index (χ2v) is 5.94. The normalized spacial score (nSPS) is 10.6. The number of carbonyl (C=O) groups is 1. The van der Waals surface area contributed by atoms with Gasteiger partial charge >= 0.3 is 0 Å². The third kappa shape index (κ3) is 2.28. The average Bonchev–Trinajstić information content (AvgIpc) is 2.61. The molecule has 88 valence electrons. The van der Waals surface area contributed by atoms with Crippen LogP contribution in [0, 0.1) is 20.8 Å². The molecule has 0 aliphatic carbocycles. The summed E-state index contributed by atoms with van der Waals surface area (Å²) in [5.41, 5.74) is 2.33. The number of carbonyl (C=O) groups excluding carboxylic acids is 1. The average molecular weight is 265 g/mol. The highest BCUT2D eigenvalue weighted by molar-refractivity contribution is 7.12. The predicted molar refractivity (Wildman–Crippen MR) is 73.4 cm³/mol. The number of hydrogen-bond donors (Lipinski definition) is 0. The SMILES string of the molecule is Cc1cc(C(=O)c2cccc(Cl)c2C)c(C)s1. The van der Waals surface area contributed by atoms with Crippen LogP contribution >= 0.6 is 22.9 Å². The van der Waals surface area contributed by atoms with E-state index in [1.54, 1.807) is 17.4 Å². The summed E-state index contributed by atoms with van der Waals surface area (Å²) >= 11 is 7.69. The highest BCUT2D eigenvalue weighted by Crippen LogP contribution is 2.26. The Hall–Kier alpha value is -1.12. The van der Waals surface area contributed by atoms with E-state index in [2.05, 4.69) is 0 Å². The minimum Gasteiger partial charge on any atom is -0.289 e. The van der Waals surface area contributed by atoms with Crippen molar-refractivity contribution >= 4 is 28.7 Å². The van der Waals surface area contributed by atoms with Gasteiger partial charge in [0.15, 0.2) is 5.78 Å². The number of aryl methyl sites for hydroxylation is 2. The molecule has 0 amide bonds. The van der Waals surface area contributed by atoms with Crippen LogP contribution < -0.4 is 0 Å². The van der Waals surface area contributed by atoms with Gasteiger partial charge in [0.05, 0.1) is 0 Å². The fourth-order valence-corrected chi connectivity index (χ4v) is 2.95. The molecule has 0 spiro atoms. The molecule has 3 heteroatoms. The second-order valence-electron chi connectivity index (χ2n) is 4.07. The molecule has 0 aliphatic heterocycles. The first-order valence-corrected chi connectivity index (χ1v) is 6.57. The van der Waals surface area contributed by atoms with Gasteiger partial charge in [-0.2, -0.15) is 0 Å². The molecule has 17 heavy (non-hydrogen) atoms. The van der Waals surface area contributed by atoms with E-state index in [9.17, 15) is 4.79 Å². The van der Waals surface area contributed by atoms with E-state index in [1.165, 1.54) is 0 Å². The van der Waals surface area contributed by atoms with Crippen LogP contribution in [-0.2, 0) is 0 Å². The Balaban J connectivity index is 2.51. The summed E-state index contributed by atoms with van der Waals surface area (Å²) < 4.78 is 0. The lowest BCUT2D eigenvalue weighted by molar-refractivity contribution is 0.103. The van der Waals surface area contributed by atoms with Gasteiger partial charge in [-0.3, -0.25) is 4.79 Å². The molecule has 1 nitrogen and oxygen atoms in total. The van der Waals surface area contributed by atoms with E-state index in [0.29, 0.717) is 10.6 Å². The molecule has 0 saturated heterocycles. The van der Waals surface area contributed by atoms with Crippen molar-refractivity contribution in [2.45, 2.75) is 20.8 Å². The molecule has 0 N–H and O–H groups in total. The summed E-state index contributed by atoms with van der Waals surface area (Å²) in [5, 5.41) is 0.639. The van der Waals surface area contributed by atoms with Crippen LogP contribution in [0.4, 0.5) is 0 Å². The lowest BCUT2D eigenvalue weighted by Crippen LogP contribution is -2.04. The van der Waals surface area contributed by atoms with E-state index >= 15 is 0 Å². The van der Waals surface area contributed by atoms with Crippen molar-refractivity contribution in [3.05, 3.63) is 55.7 Å². The van der Waals surface area contributed by atoms with Gasteiger partial charge in [0.1, 0.15) is 0 Å². The van der Waals surface area contributed by atoms with Gasteiger partial charge in [-0.25, -0.2) is 0 Å². The topological polar surface area (TPSA) is 17.1 Å². The maximum atomic E-state index is 12.4. The molecule has 0 atom stereocenters. The van der Waals surface area contributed by atoms with Gasteiger partial charge < -0.3 is 0 Å². The fourth-order valence-electron chi connectivity index (χ4n) is 1.85. The molecule has 2 rings (SSSR count). The maximum absolute atomic E-state index is 12.4. The monoisotopic (exact) mass is 264 g/mol. The van der Waals surface area contributed by atoms with Crippen LogP contribution in [0.2, 0.25) is 5.02 Å². The molecule has 2 aromatic rings.